The maximum absolute atomic E-state index is 11.8. The van der Waals surface area contributed by atoms with Gasteiger partial charge in [0.2, 0.25) is 0 Å². The highest BCUT2D eigenvalue weighted by Crippen LogP contribution is 2.13. The van der Waals surface area contributed by atoms with E-state index in [1.807, 2.05) is 0 Å². The fraction of sp³-hybridized carbons (Fsp3) is 0.250. The van der Waals surface area contributed by atoms with Crippen LogP contribution < -0.4 is 5.32 Å². The van der Waals surface area contributed by atoms with Gasteiger partial charge in [0, 0.05) is 12.4 Å². The summed E-state index contributed by atoms with van der Waals surface area (Å²) in [5.74, 6) is -1.20. The monoisotopic (exact) mass is 202 g/mol. The van der Waals surface area contributed by atoms with Gasteiger partial charge in [-0.2, -0.15) is 0 Å². The summed E-state index contributed by atoms with van der Waals surface area (Å²) in [6.45, 7) is -0.579. The summed E-state index contributed by atoms with van der Waals surface area (Å²) in [6.07, 6.45) is -0.0825. The minimum Gasteiger partial charge on any atom is -0.478 e. The molecule has 0 bridgehead atoms. The normalized spacial score (nSPS) is 10.2. The molecule has 1 rings (SSSR count). The Kier molecular flexibility index (Phi) is 3.33. The van der Waals surface area contributed by atoms with Gasteiger partial charge in [-0.3, -0.25) is 4.98 Å². The summed E-state index contributed by atoms with van der Waals surface area (Å²) < 4.78 is 23.7. The number of carboxylic acid groups (broad SMARTS) is 1. The number of anilines is 1. The zero-order valence-corrected chi connectivity index (χ0v) is 7.08. The predicted octanol–water partition coefficient (Wildman–Crippen LogP) is 1.46. The van der Waals surface area contributed by atoms with Gasteiger partial charge in [-0.05, 0) is 6.07 Å². The summed E-state index contributed by atoms with van der Waals surface area (Å²) in [5.41, 5.74) is 0.0287. The van der Waals surface area contributed by atoms with E-state index in [1.54, 1.807) is 0 Å². The number of nitrogens with zero attached hydrogens (tertiary/aromatic N) is 1. The van der Waals surface area contributed by atoms with Gasteiger partial charge < -0.3 is 10.4 Å². The van der Waals surface area contributed by atoms with Gasteiger partial charge in [-0.25, -0.2) is 13.6 Å². The molecule has 0 spiro atoms. The van der Waals surface area contributed by atoms with E-state index in [-0.39, 0.29) is 11.3 Å². The van der Waals surface area contributed by atoms with Crippen molar-refractivity contribution in [1.29, 1.82) is 0 Å². The number of halogens is 2. The van der Waals surface area contributed by atoms with E-state index in [0.29, 0.717) is 0 Å². The van der Waals surface area contributed by atoms with Crippen molar-refractivity contribution in [2.24, 2.45) is 0 Å². The summed E-state index contributed by atoms with van der Waals surface area (Å²) in [6, 6.07) is 1.34. The van der Waals surface area contributed by atoms with Gasteiger partial charge in [0.25, 0.3) is 6.43 Å². The van der Waals surface area contributed by atoms with Crippen molar-refractivity contribution in [2.75, 3.05) is 11.9 Å². The van der Waals surface area contributed by atoms with Crippen LogP contribution in [-0.2, 0) is 0 Å². The van der Waals surface area contributed by atoms with Gasteiger partial charge in [0.1, 0.15) is 5.56 Å². The summed E-state index contributed by atoms with van der Waals surface area (Å²) in [5, 5.41) is 11.0. The number of aromatic carboxylic acids is 1. The lowest BCUT2D eigenvalue weighted by molar-refractivity contribution is 0.0697. The molecule has 1 aromatic rings. The maximum atomic E-state index is 11.8. The molecule has 0 aliphatic rings. The number of hydrogen-bond acceptors (Lipinski definition) is 3. The van der Waals surface area contributed by atoms with Gasteiger partial charge in [-0.15, -0.1) is 0 Å². The molecule has 0 unspecified atom stereocenters. The van der Waals surface area contributed by atoms with E-state index >= 15 is 0 Å². The topological polar surface area (TPSA) is 62.2 Å². The first-order chi connectivity index (χ1) is 6.61. The van der Waals surface area contributed by atoms with Gasteiger partial charge in [0.15, 0.2) is 0 Å². The largest absolute Gasteiger partial charge is 0.478 e. The second-order valence-electron chi connectivity index (χ2n) is 2.50. The molecule has 0 atom stereocenters. The van der Waals surface area contributed by atoms with Crippen molar-refractivity contribution in [3.8, 4) is 0 Å². The van der Waals surface area contributed by atoms with Gasteiger partial charge >= 0.3 is 5.97 Å². The molecule has 0 saturated carbocycles. The Morgan fingerprint density at radius 2 is 2.36 bits per heavy atom. The summed E-state index contributed by atoms with van der Waals surface area (Å²) in [7, 11) is 0. The summed E-state index contributed by atoms with van der Waals surface area (Å²) in [4.78, 5) is 14.2. The molecule has 0 radical (unpaired) electrons. The zero-order chi connectivity index (χ0) is 10.6. The van der Waals surface area contributed by atoms with Crippen LogP contribution in [-0.4, -0.2) is 29.0 Å². The molecule has 0 aliphatic carbocycles. The maximum Gasteiger partial charge on any atom is 0.339 e. The Morgan fingerprint density at radius 3 is 2.93 bits per heavy atom. The first-order valence-corrected chi connectivity index (χ1v) is 3.80. The lowest BCUT2D eigenvalue weighted by Gasteiger charge is -2.07. The standard InChI is InChI=1S/C8H8F2N2O2/c9-7(10)4-12-6-1-2-11-3-5(6)8(13)14/h1-3,7H,4H2,(H,11,12)(H,13,14). The highest BCUT2D eigenvalue weighted by Gasteiger charge is 2.10. The molecule has 0 fully saturated rings. The van der Waals surface area contributed by atoms with Crippen molar-refractivity contribution >= 4 is 11.7 Å². The Hall–Kier alpha value is -1.72. The molecule has 0 saturated heterocycles. The average molecular weight is 202 g/mol. The Bertz CT molecular complexity index is 331. The lowest BCUT2D eigenvalue weighted by Crippen LogP contribution is -2.13. The third-order valence-corrected chi connectivity index (χ3v) is 1.50. The molecule has 2 N–H and O–H groups in total. The molecule has 76 valence electrons. The van der Waals surface area contributed by atoms with Crippen molar-refractivity contribution in [2.45, 2.75) is 6.43 Å². The lowest BCUT2D eigenvalue weighted by atomic mass is 10.2. The molecule has 6 heteroatoms. The van der Waals surface area contributed by atoms with Crippen LogP contribution >= 0.6 is 0 Å². The van der Waals surface area contributed by atoms with E-state index in [1.165, 1.54) is 12.3 Å². The number of carbonyl (C=O) groups is 1. The fourth-order valence-corrected chi connectivity index (χ4v) is 0.906. The van der Waals surface area contributed by atoms with Crippen molar-refractivity contribution in [1.82, 2.24) is 4.98 Å². The average Bonchev–Trinajstić information content (AvgIpc) is 2.15. The molecular formula is C8H8F2N2O2. The van der Waals surface area contributed by atoms with Crippen LogP contribution in [0.1, 0.15) is 10.4 Å². The number of nitrogens with one attached hydrogen (secondary N) is 1. The molecule has 4 nitrogen and oxygen atoms in total. The quantitative estimate of drug-likeness (QED) is 0.775. The second kappa shape index (κ2) is 4.50. The second-order valence-corrected chi connectivity index (χ2v) is 2.50. The molecule has 0 aromatic carbocycles. The van der Waals surface area contributed by atoms with Crippen LogP contribution in [0.5, 0.6) is 0 Å². The number of hydrogen-bond donors (Lipinski definition) is 2. The highest BCUT2D eigenvalue weighted by atomic mass is 19.3. The SMILES string of the molecule is O=C(O)c1cnccc1NCC(F)F. The third kappa shape index (κ3) is 2.65. The number of pyridine rings is 1. The van der Waals surface area contributed by atoms with Crippen molar-refractivity contribution in [3.63, 3.8) is 0 Å². The molecule has 0 aliphatic heterocycles. The van der Waals surface area contributed by atoms with Crippen molar-refractivity contribution < 1.29 is 18.7 Å². The molecule has 0 amide bonds. The van der Waals surface area contributed by atoms with Crippen LogP contribution in [0.4, 0.5) is 14.5 Å². The van der Waals surface area contributed by atoms with Gasteiger partial charge in [0.05, 0.1) is 12.2 Å². The number of aromatic nitrogens is 1. The van der Waals surface area contributed by atoms with Crippen LogP contribution in [0.15, 0.2) is 18.5 Å². The first-order valence-electron chi connectivity index (χ1n) is 3.80. The van der Waals surface area contributed by atoms with Crippen LogP contribution in [0, 0.1) is 0 Å². The number of alkyl halides is 2. The summed E-state index contributed by atoms with van der Waals surface area (Å²) >= 11 is 0. The molecular weight excluding hydrogens is 194 g/mol. The van der Waals surface area contributed by atoms with Crippen LogP contribution in [0.25, 0.3) is 0 Å². The predicted molar refractivity (Wildman–Crippen MR) is 45.7 cm³/mol. The van der Waals surface area contributed by atoms with E-state index in [4.69, 9.17) is 5.11 Å². The van der Waals surface area contributed by atoms with E-state index in [0.717, 1.165) is 6.20 Å². The zero-order valence-electron chi connectivity index (χ0n) is 7.08. The van der Waals surface area contributed by atoms with Crippen LogP contribution in [0.2, 0.25) is 0 Å². The minimum absolute atomic E-state index is 0.117. The first kappa shape index (κ1) is 10.4. The molecule has 1 heterocycles. The fourth-order valence-electron chi connectivity index (χ4n) is 0.906. The Balaban J connectivity index is 2.79. The molecule has 14 heavy (non-hydrogen) atoms. The highest BCUT2D eigenvalue weighted by molar-refractivity contribution is 5.93. The number of carboxylic acids is 1. The van der Waals surface area contributed by atoms with E-state index < -0.39 is 18.9 Å². The van der Waals surface area contributed by atoms with Crippen LogP contribution in [0.3, 0.4) is 0 Å². The third-order valence-electron chi connectivity index (χ3n) is 1.50. The Morgan fingerprint density at radius 1 is 1.64 bits per heavy atom. The van der Waals surface area contributed by atoms with Crippen molar-refractivity contribution in [3.05, 3.63) is 24.0 Å². The Labute approximate surface area is 78.6 Å². The van der Waals surface area contributed by atoms with Gasteiger partial charge in [-0.1, -0.05) is 0 Å². The van der Waals surface area contributed by atoms with E-state index in [2.05, 4.69) is 10.3 Å². The molecule has 1 aromatic heterocycles. The number of rotatable bonds is 4. The van der Waals surface area contributed by atoms with E-state index in [9.17, 15) is 13.6 Å². The smallest absolute Gasteiger partial charge is 0.339 e. The minimum atomic E-state index is -2.52.